The van der Waals surface area contributed by atoms with Crippen molar-refractivity contribution in [2.24, 2.45) is 0 Å². The van der Waals surface area contributed by atoms with Crippen LogP contribution in [0.4, 0.5) is 5.13 Å². The number of rotatable bonds is 7. The Bertz CT molecular complexity index is 1290. The lowest BCUT2D eigenvalue weighted by Crippen LogP contribution is -2.24. The first-order chi connectivity index (χ1) is 15.7. The Kier molecular flexibility index (Phi) is 5.93. The molecule has 0 radical (unpaired) electrons. The molecule has 0 unspecified atom stereocenters. The highest BCUT2D eigenvalue weighted by Crippen LogP contribution is 2.32. The number of amides is 1. The minimum absolute atomic E-state index is 0.0704. The van der Waals surface area contributed by atoms with E-state index in [0.717, 1.165) is 40.6 Å². The second-order valence-corrected chi connectivity index (χ2v) is 10.0. The number of hydrogen-bond acceptors (Lipinski definition) is 7. The number of fused-ring (bicyclic) bond motifs is 4. The summed E-state index contributed by atoms with van der Waals surface area (Å²) in [5.74, 6) is -0.0704. The summed E-state index contributed by atoms with van der Waals surface area (Å²) in [6.45, 7) is 6.49. The van der Waals surface area contributed by atoms with Crippen molar-refractivity contribution in [1.29, 1.82) is 0 Å². The number of thioether (sulfide) groups is 1. The standard InChI is InChI=1S/C23H24N6OS2/c1-3-13-29-16-11-7-5-9-14(16)19-20(29)25-23(28-27-19)31-17(4-2)21(30)26-22-24-15-10-6-8-12-18(15)32-22/h3,5,7,9,11,17H,1,4,6,8,10,12-13H2,2H3,(H,24,26,30)/t17-/m0/s1. The molecule has 1 atom stereocenters. The maximum Gasteiger partial charge on any atom is 0.239 e. The second-order valence-electron chi connectivity index (χ2n) is 7.78. The molecule has 1 N–H and O–H groups in total. The third kappa shape index (κ3) is 3.91. The highest BCUT2D eigenvalue weighted by molar-refractivity contribution is 8.00. The highest BCUT2D eigenvalue weighted by Gasteiger charge is 2.23. The summed E-state index contributed by atoms with van der Waals surface area (Å²) in [6.07, 6.45) is 6.94. The Labute approximate surface area is 194 Å². The Hall–Kier alpha value is -2.78. The van der Waals surface area contributed by atoms with Gasteiger partial charge in [0.05, 0.1) is 16.5 Å². The second kappa shape index (κ2) is 8.99. The molecule has 7 nitrogen and oxygen atoms in total. The van der Waals surface area contributed by atoms with E-state index in [1.165, 1.54) is 29.5 Å². The van der Waals surface area contributed by atoms with E-state index >= 15 is 0 Å². The minimum atomic E-state index is -0.326. The van der Waals surface area contributed by atoms with Gasteiger partial charge in [0, 0.05) is 16.8 Å². The van der Waals surface area contributed by atoms with E-state index in [9.17, 15) is 4.79 Å². The van der Waals surface area contributed by atoms with E-state index in [4.69, 9.17) is 4.98 Å². The number of nitrogens with one attached hydrogen (secondary N) is 1. The lowest BCUT2D eigenvalue weighted by atomic mass is 10.0. The van der Waals surface area contributed by atoms with Gasteiger partial charge in [-0.05, 0) is 38.2 Å². The van der Waals surface area contributed by atoms with Crippen LogP contribution in [0.25, 0.3) is 22.1 Å². The average molecular weight is 465 g/mol. The molecule has 0 aliphatic heterocycles. The number of aryl methyl sites for hydroxylation is 2. The first-order valence-electron chi connectivity index (χ1n) is 10.9. The number of nitrogens with zero attached hydrogens (tertiary/aromatic N) is 5. The molecule has 5 rings (SSSR count). The zero-order valence-corrected chi connectivity index (χ0v) is 19.5. The van der Waals surface area contributed by atoms with Crippen LogP contribution in [0, 0.1) is 0 Å². The molecule has 9 heteroatoms. The molecule has 0 saturated heterocycles. The minimum Gasteiger partial charge on any atom is -0.320 e. The molecule has 164 valence electrons. The number of para-hydroxylation sites is 1. The fourth-order valence-electron chi connectivity index (χ4n) is 4.09. The predicted octanol–water partition coefficient (Wildman–Crippen LogP) is 5.01. The van der Waals surface area contributed by atoms with E-state index < -0.39 is 0 Å². The van der Waals surface area contributed by atoms with Crippen LogP contribution in [0.3, 0.4) is 0 Å². The van der Waals surface area contributed by atoms with Crippen molar-refractivity contribution < 1.29 is 4.79 Å². The van der Waals surface area contributed by atoms with Gasteiger partial charge in [-0.15, -0.1) is 28.1 Å². The van der Waals surface area contributed by atoms with Gasteiger partial charge >= 0.3 is 0 Å². The lowest BCUT2D eigenvalue weighted by molar-refractivity contribution is -0.115. The van der Waals surface area contributed by atoms with Crippen molar-refractivity contribution in [2.75, 3.05) is 5.32 Å². The van der Waals surface area contributed by atoms with Crippen LogP contribution in [0.5, 0.6) is 0 Å². The smallest absolute Gasteiger partial charge is 0.239 e. The first-order valence-corrected chi connectivity index (χ1v) is 12.6. The lowest BCUT2D eigenvalue weighted by Gasteiger charge is -2.12. The molecule has 4 aromatic rings. The van der Waals surface area contributed by atoms with Crippen molar-refractivity contribution >= 4 is 56.2 Å². The van der Waals surface area contributed by atoms with Gasteiger partial charge in [-0.1, -0.05) is 43.0 Å². The zero-order valence-electron chi connectivity index (χ0n) is 17.9. The van der Waals surface area contributed by atoms with Gasteiger partial charge in [0.1, 0.15) is 5.52 Å². The van der Waals surface area contributed by atoms with Crippen molar-refractivity contribution in [3.05, 3.63) is 47.5 Å². The van der Waals surface area contributed by atoms with Crippen LogP contribution in [0.15, 0.2) is 42.1 Å². The number of hydrogen-bond donors (Lipinski definition) is 1. The molecule has 1 aliphatic carbocycles. The number of carbonyl (C=O) groups excluding carboxylic acids is 1. The predicted molar refractivity (Wildman–Crippen MR) is 130 cm³/mol. The molecule has 0 saturated carbocycles. The fourth-order valence-corrected chi connectivity index (χ4v) is 5.96. The van der Waals surface area contributed by atoms with Crippen molar-refractivity contribution in [2.45, 2.75) is 56.0 Å². The summed E-state index contributed by atoms with van der Waals surface area (Å²) < 4.78 is 2.08. The van der Waals surface area contributed by atoms with E-state index in [1.54, 1.807) is 11.3 Å². The largest absolute Gasteiger partial charge is 0.320 e. The van der Waals surface area contributed by atoms with Crippen LogP contribution >= 0.6 is 23.1 Å². The monoisotopic (exact) mass is 464 g/mol. The normalized spacial score (nSPS) is 14.4. The summed E-state index contributed by atoms with van der Waals surface area (Å²) >= 11 is 2.94. The molecular weight excluding hydrogens is 440 g/mol. The number of allylic oxidation sites excluding steroid dienone is 1. The maximum atomic E-state index is 13.0. The third-order valence-corrected chi connectivity index (χ3v) is 7.94. The molecule has 1 aliphatic rings. The summed E-state index contributed by atoms with van der Waals surface area (Å²) in [7, 11) is 0. The first kappa shape index (κ1) is 21.1. The van der Waals surface area contributed by atoms with Gasteiger partial charge in [-0.25, -0.2) is 9.97 Å². The van der Waals surface area contributed by atoms with E-state index in [1.807, 2.05) is 37.3 Å². The molecule has 0 spiro atoms. The van der Waals surface area contributed by atoms with Gasteiger partial charge < -0.3 is 9.88 Å². The quantitative estimate of drug-likeness (QED) is 0.306. The third-order valence-electron chi connectivity index (χ3n) is 5.65. The Morgan fingerprint density at radius 2 is 2.12 bits per heavy atom. The molecule has 3 heterocycles. The summed E-state index contributed by atoms with van der Waals surface area (Å²) in [4.78, 5) is 23.7. The number of carbonyl (C=O) groups is 1. The molecule has 0 bridgehead atoms. The van der Waals surface area contributed by atoms with Gasteiger partial charge in [0.2, 0.25) is 11.1 Å². The molecular formula is C23H24N6OS2. The molecule has 3 aromatic heterocycles. The Balaban J connectivity index is 1.40. The van der Waals surface area contributed by atoms with Crippen LogP contribution in [0.1, 0.15) is 36.8 Å². The van der Waals surface area contributed by atoms with Crippen molar-refractivity contribution in [3.8, 4) is 0 Å². The van der Waals surface area contributed by atoms with Crippen LogP contribution < -0.4 is 5.32 Å². The van der Waals surface area contributed by atoms with E-state index in [0.29, 0.717) is 23.3 Å². The molecule has 1 aromatic carbocycles. The average Bonchev–Trinajstić information content (AvgIpc) is 3.36. The maximum absolute atomic E-state index is 13.0. The van der Waals surface area contributed by atoms with Crippen molar-refractivity contribution in [1.82, 2.24) is 24.7 Å². The van der Waals surface area contributed by atoms with Crippen LogP contribution in [-0.4, -0.2) is 35.9 Å². The number of benzene rings is 1. The zero-order chi connectivity index (χ0) is 22.1. The van der Waals surface area contributed by atoms with Gasteiger partial charge in [0.15, 0.2) is 10.8 Å². The SMILES string of the molecule is C=CCn1c2ccccc2c2nnc(S[C@@H](CC)C(=O)Nc3nc4c(s3)CCCC4)nc21. The molecule has 1 amide bonds. The van der Waals surface area contributed by atoms with Crippen LogP contribution in [0.2, 0.25) is 0 Å². The van der Waals surface area contributed by atoms with Crippen LogP contribution in [-0.2, 0) is 24.2 Å². The Morgan fingerprint density at radius 1 is 1.28 bits per heavy atom. The van der Waals surface area contributed by atoms with E-state index in [-0.39, 0.29) is 11.2 Å². The Morgan fingerprint density at radius 3 is 2.94 bits per heavy atom. The van der Waals surface area contributed by atoms with Crippen molar-refractivity contribution in [3.63, 3.8) is 0 Å². The molecule has 0 fully saturated rings. The highest BCUT2D eigenvalue weighted by atomic mass is 32.2. The van der Waals surface area contributed by atoms with E-state index in [2.05, 4.69) is 31.6 Å². The summed E-state index contributed by atoms with van der Waals surface area (Å²) in [5, 5.41) is 13.7. The van der Waals surface area contributed by atoms with Gasteiger partial charge in [-0.2, -0.15) is 0 Å². The fraction of sp³-hybridized carbons (Fsp3) is 0.348. The topological polar surface area (TPSA) is 85.6 Å². The summed E-state index contributed by atoms with van der Waals surface area (Å²) in [6, 6.07) is 8.05. The number of thiazole rings is 1. The van der Waals surface area contributed by atoms with Gasteiger partial charge in [-0.3, -0.25) is 4.79 Å². The number of anilines is 1. The number of aromatic nitrogens is 5. The molecule has 32 heavy (non-hydrogen) atoms. The summed E-state index contributed by atoms with van der Waals surface area (Å²) in [5.41, 5.74) is 3.71. The van der Waals surface area contributed by atoms with Gasteiger partial charge in [0.25, 0.3) is 0 Å².